The van der Waals surface area contributed by atoms with Gasteiger partial charge in [0.1, 0.15) is 0 Å². The van der Waals surface area contributed by atoms with E-state index in [-0.39, 0.29) is 0 Å². The van der Waals surface area contributed by atoms with Gasteiger partial charge in [-0.05, 0) is 39.0 Å². The smallest absolute Gasteiger partial charge is 0.0109 e. The van der Waals surface area contributed by atoms with E-state index in [0.29, 0.717) is 0 Å². The van der Waals surface area contributed by atoms with Crippen molar-refractivity contribution < 1.29 is 0 Å². The highest BCUT2D eigenvalue weighted by atomic mass is 15.2. The van der Waals surface area contributed by atoms with Gasteiger partial charge in [-0.2, -0.15) is 0 Å². The van der Waals surface area contributed by atoms with E-state index in [1.54, 1.807) is 0 Å². The number of nitrogens with zero attached hydrogens (tertiary/aromatic N) is 2. The molecule has 0 amide bonds. The number of likely N-dealkylation sites (tertiary alicyclic amines) is 1. The van der Waals surface area contributed by atoms with Gasteiger partial charge in [-0.15, -0.1) is 0 Å². The van der Waals surface area contributed by atoms with Gasteiger partial charge in [0.15, 0.2) is 0 Å². The first kappa shape index (κ1) is 9.44. The summed E-state index contributed by atoms with van der Waals surface area (Å²) in [5, 5.41) is 3.47. The fraction of sp³-hybridized carbons (Fsp3) is 1.00. The number of hydrogen-bond donors (Lipinski definition) is 1. The Labute approximate surface area is 81.1 Å². The average molecular weight is 183 g/mol. The number of rotatable bonds is 3. The van der Waals surface area contributed by atoms with E-state index < -0.39 is 0 Å². The Hall–Kier alpha value is -0.120. The molecule has 2 fully saturated rings. The second-order valence-electron chi connectivity index (χ2n) is 4.74. The SMILES string of the molecule is CN(C)CCN1C[C@H]2CNC[C@H]2C1. The summed E-state index contributed by atoms with van der Waals surface area (Å²) in [5.41, 5.74) is 0. The molecular weight excluding hydrogens is 162 g/mol. The van der Waals surface area contributed by atoms with Gasteiger partial charge in [-0.25, -0.2) is 0 Å². The molecule has 2 heterocycles. The summed E-state index contributed by atoms with van der Waals surface area (Å²) in [7, 11) is 4.30. The van der Waals surface area contributed by atoms with Crippen LogP contribution in [0.5, 0.6) is 0 Å². The molecule has 0 bridgehead atoms. The molecule has 2 aliphatic heterocycles. The lowest BCUT2D eigenvalue weighted by Crippen LogP contribution is -2.32. The molecule has 2 rings (SSSR count). The van der Waals surface area contributed by atoms with Gasteiger partial charge in [-0.3, -0.25) is 0 Å². The summed E-state index contributed by atoms with van der Waals surface area (Å²) in [6, 6.07) is 0. The van der Waals surface area contributed by atoms with Crippen LogP contribution in [0.4, 0.5) is 0 Å². The van der Waals surface area contributed by atoms with E-state index >= 15 is 0 Å². The Morgan fingerprint density at radius 2 is 1.85 bits per heavy atom. The Kier molecular flexibility index (Phi) is 2.86. The maximum absolute atomic E-state index is 3.47. The van der Waals surface area contributed by atoms with E-state index in [9.17, 15) is 0 Å². The van der Waals surface area contributed by atoms with Crippen molar-refractivity contribution in [3.05, 3.63) is 0 Å². The van der Waals surface area contributed by atoms with Crippen molar-refractivity contribution in [2.75, 3.05) is 53.4 Å². The number of likely N-dealkylation sites (N-methyl/N-ethyl adjacent to an activating group) is 1. The number of hydrogen-bond acceptors (Lipinski definition) is 3. The van der Waals surface area contributed by atoms with Crippen molar-refractivity contribution in [3.63, 3.8) is 0 Å². The van der Waals surface area contributed by atoms with Crippen LogP contribution in [0.3, 0.4) is 0 Å². The van der Waals surface area contributed by atoms with Crippen LogP contribution in [0, 0.1) is 11.8 Å². The summed E-state index contributed by atoms with van der Waals surface area (Å²) in [5.74, 6) is 1.89. The van der Waals surface area contributed by atoms with Crippen molar-refractivity contribution in [1.29, 1.82) is 0 Å². The Balaban J connectivity index is 1.73. The molecule has 0 aromatic carbocycles. The first-order valence-corrected chi connectivity index (χ1v) is 5.33. The van der Waals surface area contributed by atoms with Gasteiger partial charge in [0.2, 0.25) is 0 Å². The third kappa shape index (κ3) is 2.22. The minimum atomic E-state index is 0.946. The first-order valence-electron chi connectivity index (χ1n) is 5.33. The van der Waals surface area contributed by atoms with Crippen molar-refractivity contribution in [2.45, 2.75) is 0 Å². The van der Waals surface area contributed by atoms with E-state index in [1.165, 1.54) is 39.3 Å². The van der Waals surface area contributed by atoms with Crippen LogP contribution in [-0.2, 0) is 0 Å². The monoisotopic (exact) mass is 183 g/mol. The second-order valence-corrected chi connectivity index (χ2v) is 4.74. The molecule has 3 nitrogen and oxygen atoms in total. The van der Waals surface area contributed by atoms with E-state index in [0.717, 1.165) is 11.8 Å². The minimum Gasteiger partial charge on any atom is -0.316 e. The predicted octanol–water partition coefficient (Wildman–Crippen LogP) is -0.301. The van der Waals surface area contributed by atoms with Gasteiger partial charge in [0.25, 0.3) is 0 Å². The third-order valence-corrected chi connectivity index (χ3v) is 3.33. The zero-order valence-electron chi connectivity index (χ0n) is 8.79. The molecular formula is C10H21N3. The molecule has 0 saturated carbocycles. The third-order valence-electron chi connectivity index (χ3n) is 3.33. The van der Waals surface area contributed by atoms with Crippen molar-refractivity contribution in [1.82, 2.24) is 15.1 Å². The van der Waals surface area contributed by atoms with Crippen LogP contribution in [0.25, 0.3) is 0 Å². The van der Waals surface area contributed by atoms with Gasteiger partial charge < -0.3 is 15.1 Å². The van der Waals surface area contributed by atoms with E-state index in [1.807, 2.05) is 0 Å². The zero-order valence-corrected chi connectivity index (χ0v) is 8.79. The van der Waals surface area contributed by atoms with Crippen molar-refractivity contribution in [2.24, 2.45) is 11.8 Å². The summed E-state index contributed by atoms with van der Waals surface area (Å²) in [6.07, 6.45) is 0. The van der Waals surface area contributed by atoms with E-state index in [2.05, 4.69) is 29.2 Å². The molecule has 2 atom stereocenters. The molecule has 0 unspecified atom stereocenters. The van der Waals surface area contributed by atoms with Crippen LogP contribution in [-0.4, -0.2) is 63.2 Å². The topological polar surface area (TPSA) is 18.5 Å². The molecule has 2 aliphatic rings. The highest BCUT2D eigenvalue weighted by Crippen LogP contribution is 2.25. The lowest BCUT2D eigenvalue weighted by atomic mass is 10.0. The molecule has 0 aromatic rings. The molecule has 2 saturated heterocycles. The van der Waals surface area contributed by atoms with Crippen LogP contribution < -0.4 is 5.32 Å². The van der Waals surface area contributed by atoms with Gasteiger partial charge in [-0.1, -0.05) is 0 Å². The molecule has 1 N–H and O–H groups in total. The minimum absolute atomic E-state index is 0.946. The number of fused-ring (bicyclic) bond motifs is 1. The Morgan fingerprint density at radius 1 is 1.23 bits per heavy atom. The van der Waals surface area contributed by atoms with Crippen LogP contribution in [0.1, 0.15) is 0 Å². The quantitative estimate of drug-likeness (QED) is 0.648. The maximum Gasteiger partial charge on any atom is 0.0109 e. The Morgan fingerprint density at radius 3 is 2.38 bits per heavy atom. The Bertz CT molecular complexity index is 158. The molecule has 76 valence electrons. The molecule has 0 aromatic heterocycles. The average Bonchev–Trinajstić information content (AvgIpc) is 2.58. The molecule has 0 spiro atoms. The lowest BCUT2D eigenvalue weighted by Gasteiger charge is -2.19. The second kappa shape index (κ2) is 3.95. The molecule has 3 heteroatoms. The first-order chi connectivity index (χ1) is 6.25. The van der Waals surface area contributed by atoms with Gasteiger partial charge in [0.05, 0.1) is 0 Å². The highest BCUT2D eigenvalue weighted by Gasteiger charge is 2.35. The fourth-order valence-electron chi connectivity index (χ4n) is 2.48. The summed E-state index contributed by atoms with van der Waals surface area (Å²) in [4.78, 5) is 4.89. The van der Waals surface area contributed by atoms with Gasteiger partial charge >= 0.3 is 0 Å². The highest BCUT2D eigenvalue weighted by molar-refractivity contribution is 4.91. The number of nitrogens with one attached hydrogen (secondary N) is 1. The van der Waals surface area contributed by atoms with Crippen LogP contribution >= 0.6 is 0 Å². The normalized spacial score (nSPS) is 34.4. The molecule has 13 heavy (non-hydrogen) atoms. The van der Waals surface area contributed by atoms with Gasteiger partial charge in [0, 0.05) is 26.2 Å². The fourth-order valence-corrected chi connectivity index (χ4v) is 2.48. The largest absolute Gasteiger partial charge is 0.316 e. The van der Waals surface area contributed by atoms with E-state index in [4.69, 9.17) is 0 Å². The molecule has 0 radical (unpaired) electrons. The zero-order chi connectivity index (χ0) is 9.26. The van der Waals surface area contributed by atoms with Crippen LogP contribution in [0.2, 0.25) is 0 Å². The summed E-state index contributed by atoms with van der Waals surface area (Å²) < 4.78 is 0. The lowest BCUT2D eigenvalue weighted by molar-refractivity contribution is 0.269. The summed E-state index contributed by atoms with van der Waals surface area (Å²) >= 11 is 0. The standard InChI is InChI=1S/C10H21N3/c1-12(2)3-4-13-7-9-5-11-6-10(9)8-13/h9-11H,3-8H2,1-2H3/t9-,10+. The maximum atomic E-state index is 3.47. The predicted molar refractivity (Wildman–Crippen MR) is 54.8 cm³/mol. The van der Waals surface area contributed by atoms with Crippen molar-refractivity contribution >= 4 is 0 Å². The van der Waals surface area contributed by atoms with Crippen LogP contribution in [0.15, 0.2) is 0 Å². The van der Waals surface area contributed by atoms with Crippen molar-refractivity contribution in [3.8, 4) is 0 Å². The molecule has 0 aliphatic carbocycles. The summed E-state index contributed by atoms with van der Waals surface area (Å²) in [6.45, 7) is 7.61.